The third-order valence-electron chi connectivity index (χ3n) is 5.81. The number of amidine groups is 1. The Balaban J connectivity index is 1.59. The summed E-state index contributed by atoms with van der Waals surface area (Å²) in [5.74, 6) is 2.66. The standard InChI is InChI=1S/C23H22N2O2/c1-14-18-13-21(27-3)20(26-2)12-16(18)10-11-25(14)23-17-8-4-6-15-7-5-9-19(24-23)22(15)17/h4-9,12-14H,10-11H2,1-3H3/t14-/m0/s1. The maximum Gasteiger partial charge on any atom is 0.161 e. The molecule has 2 aliphatic rings. The predicted octanol–water partition coefficient (Wildman–Crippen LogP) is 4.87. The van der Waals surface area contributed by atoms with Gasteiger partial charge in [-0.1, -0.05) is 30.3 Å². The molecule has 0 fully saturated rings. The maximum atomic E-state index is 5.53. The minimum Gasteiger partial charge on any atom is -0.493 e. The van der Waals surface area contributed by atoms with Gasteiger partial charge in [-0.25, -0.2) is 4.99 Å². The lowest BCUT2D eigenvalue weighted by Gasteiger charge is -2.37. The smallest absolute Gasteiger partial charge is 0.161 e. The van der Waals surface area contributed by atoms with Crippen LogP contribution in [0.2, 0.25) is 0 Å². The Morgan fingerprint density at radius 2 is 1.74 bits per heavy atom. The van der Waals surface area contributed by atoms with Crippen LogP contribution in [0.1, 0.15) is 29.7 Å². The normalized spacial score (nSPS) is 17.7. The zero-order valence-corrected chi connectivity index (χ0v) is 15.8. The second-order valence-electron chi connectivity index (χ2n) is 7.14. The Labute approximate surface area is 159 Å². The highest BCUT2D eigenvalue weighted by Gasteiger charge is 2.31. The summed E-state index contributed by atoms with van der Waals surface area (Å²) in [4.78, 5) is 7.43. The molecule has 4 nitrogen and oxygen atoms in total. The number of aliphatic imine (C=N–C) groups is 1. The van der Waals surface area contributed by atoms with E-state index in [1.807, 2.05) is 0 Å². The first kappa shape index (κ1) is 16.2. The molecule has 0 aliphatic carbocycles. The molecule has 27 heavy (non-hydrogen) atoms. The summed E-state index contributed by atoms with van der Waals surface area (Å²) in [6.07, 6.45) is 0.964. The Kier molecular flexibility index (Phi) is 3.61. The van der Waals surface area contributed by atoms with E-state index in [4.69, 9.17) is 14.5 Å². The minimum absolute atomic E-state index is 0.219. The van der Waals surface area contributed by atoms with E-state index >= 15 is 0 Å². The lowest BCUT2D eigenvalue weighted by Crippen LogP contribution is -2.38. The molecule has 136 valence electrons. The molecule has 5 rings (SSSR count). The summed E-state index contributed by atoms with van der Waals surface area (Å²) in [5, 5.41) is 2.51. The first-order chi connectivity index (χ1) is 13.2. The SMILES string of the molecule is COc1cc2c(cc1OC)[C@H](C)N(C1=Nc3cccc4cccc1c34)CC2. The van der Waals surface area contributed by atoms with Gasteiger partial charge >= 0.3 is 0 Å². The van der Waals surface area contributed by atoms with Crippen molar-refractivity contribution in [1.29, 1.82) is 0 Å². The highest BCUT2D eigenvalue weighted by atomic mass is 16.5. The number of nitrogens with zero attached hydrogens (tertiary/aromatic N) is 2. The van der Waals surface area contributed by atoms with Crippen molar-refractivity contribution in [2.45, 2.75) is 19.4 Å². The summed E-state index contributed by atoms with van der Waals surface area (Å²) >= 11 is 0. The van der Waals surface area contributed by atoms with Crippen LogP contribution in [0.3, 0.4) is 0 Å². The van der Waals surface area contributed by atoms with Gasteiger partial charge in [-0.05, 0) is 48.1 Å². The molecular weight excluding hydrogens is 336 g/mol. The highest BCUT2D eigenvalue weighted by molar-refractivity contribution is 6.19. The summed E-state index contributed by atoms with van der Waals surface area (Å²) in [7, 11) is 3.38. The molecule has 0 bridgehead atoms. The molecule has 3 aromatic rings. The summed E-state index contributed by atoms with van der Waals surface area (Å²) in [5.41, 5.74) is 4.91. The monoisotopic (exact) mass is 358 g/mol. The van der Waals surface area contributed by atoms with E-state index in [0.717, 1.165) is 36.0 Å². The first-order valence-electron chi connectivity index (χ1n) is 9.33. The second kappa shape index (κ2) is 6.02. The van der Waals surface area contributed by atoms with E-state index in [2.05, 4.69) is 60.4 Å². The molecule has 1 atom stereocenters. The van der Waals surface area contributed by atoms with Gasteiger partial charge in [0, 0.05) is 17.5 Å². The quantitative estimate of drug-likeness (QED) is 0.655. The van der Waals surface area contributed by atoms with Crippen LogP contribution >= 0.6 is 0 Å². The van der Waals surface area contributed by atoms with Gasteiger partial charge in [-0.3, -0.25) is 0 Å². The van der Waals surface area contributed by atoms with Crippen molar-refractivity contribution < 1.29 is 9.47 Å². The maximum absolute atomic E-state index is 5.53. The van der Waals surface area contributed by atoms with E-state index in [9.17, 15) is 0 Å². The number of hydrogen-bond acceptors (Lipinski definition) is 4. The van der Waals surface area contributed by atoms with Crippen LogP contribution in [0.4, 0.5) is 5.69 Å². The Morgan fingerprint density at radius 1 is 1.00 bits per heavy atom. The molecule has 0 saturated heterocycles. The Bertz CT molecular complexity index is 1080. The van der Waals surface area contributed by atoms with Crippen LogP contribution in [-0.2, 0) is 6.42 Å². The van der Waals surface area contributed by atoms with Crippen LogP contribution in [0.5, 0.6) is 11.5 Å². The van der Waals surface area contributed by atoms with Gasteiger partial charge in [0.05, 0.1) is 25.9 Å². The molecular formula is C23H22N2O2. The van der Waals surface area contributed by atoms with Crippen molar-refractivity contribution in [2.75, 3.05) is 20.8 Å². The molecule has 0 radical (unpaired) electrons. The molecule has 0 saturated carbocycles. The van der Waals surface area contributed by atoms with Gasteiger partial charge in [0.15, 0.2) is 11.5 Å². The van der Waals surface area contributed by atoms with E-state index in [-0.39, 0.29) is 6.04 Å². The van der Waals surface area contributed by atoms with Crippen LogP contribution in [0.25, 0.3) is 10.8 Å². The number of fused-ring (bicyclic) bond motifs is 1. The largest absolute Gasteiger partial charge is 0.493 e. The van der Waals surface area contributed by atoms with Crippen molar-refractivity contribution in [2.24, 2.45) is 4.99 Å². The van der Waals surface area contributed by atoms with Gasteiger partial charge in [0.1, 0.15) is 5.84 Å². The zero-order chi connectivity index (χ0) is 18.5. The fourth-order valence-corrected chi connectivity index (χ4v) is 4.43. The van der Waals surface area contributed by atoms with Crippen molar-refractivity contribution in [1.82, 2.24) is 4.90 Å². The minimum atomic E-state index is 0.219. The summed E-state index contributed by atoms with van der Waals surface area (Å²) in [6.45, 7) is 3.18. The second-order valence-corrected chi connectivity index (χ2v) is 7.14. The van der Waals surface area contributed by atoms with E-state index in [1.54, 1.807) is 14.2 Å². The lowest BCUT2D eigenvalue weighted by atomic mass is 9.92. The van der Waals surface area contributed by atoms with Crippen molar-refractivity contribution in [3.05, 3.63) is 65.2 Å². The molecule has 2 aliphatic heterocycles. The summed E-state index contributed by atoms with van der Waals surface area (Å²) in [6, 6.07) is 17.3. The number of ether oxygens (including phenoxy) is 2. The molecule has 0 N–H and O–H groups in total. The molecule has 0 aromatic heterocycles. The number of rotatable bonds is 2. The number of hydrogen-bond donors (Lipinski definition) is 0. The number of benzene rings is 3. The average Bonchev–Trinajstić information content (AvgIpc) is 3.08. The fraction of sp³-hybridized carbons (Fsp3) is 0.261. The highest BCUT2D eigenvalue weighted by Crippen LogP contribution is 2.42. The van der Waals surface area contributed by atoms with Gasteiger partial charge in [0.2, 0.25) is 0 Å². The van der Waals surface area contributed by atoms with Crippen molar-refractivity contribution >= 4 is 22.3 Å². The average molecular weight is 358 g/mol. The van der Waals surface area contributed by atoms with Crippen LogP contribution in [0.15, 0.2) is 53.5 Å². The molecule has 0 unspecified atom stereocenters. The molecule has 2 heterocycles. The van der Waals surface area contributed by atoms with E-state index in [1.165, 1.54) is 27.5 Å². The van der Waals surface area contributed by atoms with Crippen LogP contribution < -0.4 is 9.47 Å². The number of methoxy groups -OCH3 is 2. The van der Waals surface area contributed by atoms with Gasteiger partial charge in [-0.2, -0.15) is 0 Å². The molecule has 4 heteroatoms. The predicted molar refractivity (Wildman–Crippen MR) is 109 cm³/mol. The first-order valence-corrected chi connectivity index (χ1v) is 9.33. The molecule has 0 amide bonds. The topological polar surface area (TPSA) is 34.1 Å². The van der Waals surface area contributed by atoms with E-state index < -0.39 is 0 Å². The van der Waals surface area contributed by atoms with Crippen molar-refractivity contribution in [3.8, 4) is 11.5 Å². The fourth-order valence-electron chi connectivity index (χ4n) is 4.43. The molecule has 0 spiro atoms. The Morgan fingerprint density at radius 3 is 2.52 bits per heavy atom. The molecule has 3 aromatic carbocycles. The third-order valence-corrected chi connectivity index (χ3v) is 5.81. The van der Waals surface area contributed by atoms with E-state index in [0.29, 0.717) is 0 Å². The van der Waals surface area contributed by atoms with Crippen molar-refractivity contribution in [3.63, 3.8) is 0 Å². The van der Waals surface area contributed by atoms with Gasteiger partial charge in [0.25, 0.3) is 0 Å². The summed E-state index contributed by atoms with van der Waals surface area (Å²) < 4.78 is 11.0. The zero-order valence-electron chi connectivity index (χ0n) is 15.8. The lowest BCUT2D eigenvalue weighted by molar-refractivity contribution is 0.313. The Hall–Kier alpha value is -3.01. The van der Waals surface area contributed by atoms with Crippen LogP contribution in [-0.4, -0.2) is 31.5 Å². The van der Waals surface area contributed by atoms with Crippen LogP contribution in [0, 0.1) is 0 Å². The van der Waals surface area contributed by atoms with Gasteiger partial charge < -0.3 is 14.4 Å². The third kappa shape index (κ3) is 2.33. The van der Waals surface area contributed by atoms with Gasteiger partial charge in [-0.15, -0.1) is 0 Å².